The Labute approximate surface area is 175 Å². The van der Waals surface area contributed by atoms with Gasteiger partial charge in [-0.05, 0) is 47.5 Å². The van der Waals surface area contributed by atoms with Crippen molar-refractivity contribution < 1.29 is 13.9 Å². The summed E-state index contributed by atoms with van der Waals surface area (Å²) in [5.74, 6) is 0.649. The molecular weight excluding hydrogens is 381 g/mol. The van der Waals surface area contributed by atoms with Crippen molar-refractivity contribution in [1.82, 2.24) is 14.4 Å². The molecule has 1 saturated heterocycles. The smallest absolute Gasteiger partial charge is 0.271 e. The van der Waals surface area contributed by atoms with Crippen LogP contribution in [0.4, 0.5) is 4.39 Å². The number of nitrogens with zero attached hydrogens (tertiary/aromatic N) is 3. The molecule has 6 heteroatoms. The average Bonchev–Trinajstić information content (AvgIpc) is 3.39. The zero-order valence-electron chi connectivity index (χ0n) is 16.9. The Bertz CT molecular complexity index is 1060. The standard InChI is InChI=1S/C24H24FN3O2/c1-30-20-9-7-17(8-10-20)14-28-23-16-26(13-18-4-2-5-19(25)12-18)15-22(23)27-11-3-6-21(27)24(28)29/h2-12,22-23H,13-16H2,1H3/t22-,23+/m0/s1. The monoisotopic (exact) mass is 405 g/mol. The van der Waals surface area contributed by atoms with Crippen LogP contribution in [0, 0.1) is 5.82 Å². The highest BCUT2D eigenvalue weighted by Gasteiger charge is 2.44. The number of hydrogen-bond donors (Lipinski definition) is 0. The van der Waals surface area contributed by atoms with Crippen LogP contribution >= 0.6 is 0 Å². The van der Waals surface area contributed by atoms with Crippen LogP contribution in [0.3, 0.4) is 0 Å². The summed E-state index contributed by atoms with van der Waals surface area (Å²) in [6.07, 6.45) is 2.00. The summed E-state index contributed by atoms with van der Waals surface area (Å²) in [7, 11) is 1.65. The van der Waals surface area contributed by atoms with E-state index in [-0.39, 0.29) is 23.8 Å². The number of carbonyl (C=O) groups excluding carboxylic acids is 1. The predicted octanol–water partition coefficient (Wildman–Crippen LogP) is 3.72. The topological polar surface area (TPSA) is 37.7 Å². The quantitative estimate of drug-likeness (QED) is 0.649. The van der Waals surface area contributed by atoms with Crippen LogP contribution in [0.1, 0.15) is 27.7 Å². The number of carbonyl (C=O) groups is 1. The molecule has 1 fully saturated rings. The lowest BCUT2D eigenvalue weighted by Crippen LogP contribution is -2.49. The third-order valence-electron chi connectivity index (χ3n) is 6.16. The van der Waals surface area contributed by atoms with Gasteiger partial charge in [0.15, 0.2) is 0 Å². The zero-order valence-corrected chi connectivity index (χ0v) is 16.9. The van der Waals surface area contributed by atoms with Crippen molar-refractivity contribution in [3.8, 4) is 5.75 Å². The first-order valence-corrected chi connectivity index (χ1v) is 10.2. The van der Waals surface area contributed by atoms with Crippen molar-refractivity contribution in [2.75, 3.05) is 20.2 Å². The van der Waals surface area contributed by atoms with E-state index >= 15 is 0 Å². The molecule has 2 aliphatic heterocycles. The fraction of sp³-hybridized carbons (Fsp3) is 0.292. The van der Waals surface area contributed by atoms with Gasteiger partial charge >= 0.3 is 0 Å². The Kier molecular flexibility index (Phi) is 4.79. The molecule has 0 spiro atoms. The molecule has 0 unspecified atom stereocenters. The van der Waals surface area contributed by atoms with Gasteiger partial charge in [-0.2, -0.15) is 0 Å². The highest BCUT2D eigenvalue weighted by Crippen LogP contribution is 2.35. The van der Waals surface area contributed by atoms with Crippen molar-refractivity contribution in [3.05, 3.63) is 89.5 Å². The molecule has 30 heavy (non-hydrogen) atoms. The molecule has 5 nitrogen and oxygen atoms in total. The molecule has 5 rings (SSSR count). The minimum atomic E-state index is -0.215. The number of rotatable bonds is 5. The number of likely N-dealkylation sites (tertiary alicyclic amines) is 1. The van der Waals surface area contributed by atoms with Gasteiger partial charge in [-0.1, -0.05) is 24.3 Å². The Morgan fingerprint density at radius 2 is 1.77 bits per heavy atom. The van der Waals surface area contributed by atoms with Crippen molar-refractivity contribution >= 4 is 5.91 Å². The van der Waals surface area contributed by atoms with E-state index in [1.165, 1.54) is 6.07 Å². The summed E-state index contributed by atoms with van der Waals surface area (Å²) in [6, 6.07) is 18.7. The molecule has 0 aliphatic carbocycles. The summed E-state index contributed by atoms with van der Waals surface area (Å²) in [6.45, 7) is 2.82. The molecule has 3 heterocycles. The molecule has 0 bridgehead atoms. The Balaban J connectivity index is 1.41. The van der Waals surface area contributed by atoms with Crippen LogP contribution in [0.5, 0.6) is 5.75 Å². The lowest BCUT2D eigenvalue weighted by molar-refractivity contribution is 0.0556. The molecule has 3 aromatic rings. The van der Waals surface area contributed by atoms with Crippen molar-refractivity contribution in [2.45, 2.75) is 25.2 Å². The van der Waals surface area contributed by atoms with Gasteiger partial charge in [0, 0.05) is 32.4 Å². The predicted molar refractivity (Wildman–Crippen MR) is 112 cm³/mol. The van der Waals surface area contributed by atoms with Gasteiger partial charge in [-0.15, -0.1) is 0 Å². The van der Waals surface area contributed by atoms with E-state index in [1.54, 1.807) is 19.2 Å². The lowest BCUT2D eigenvalue weighted by atomic mass is 10.0. The van der Waals surface area contributed by atoms with E-state index in [4.69, 9.17) is 4.74 Å². The Morgan fingerprint density at radius 3 is 2.53 bits per heavy atom. The SMILES string of the molecule is COc1ccc(CN2C(=O)c3cccn3[C@H]3CN(Cc4cccc(F)c4)C[C@H]32)cc1. The highest BCUT2D eigenvalue weighted by atomic mass is 19.1. The lowest BCUT2D eigenvalue weighted by Gasteiger charge is -2.38. The maximum atomic E-state index is 13.6. The maximum absolute atomic E-state index is 13.6. The fourth-order valence-corrected chi connectivity index (χ4v) is 4.73. The maximum Gasteiger partial charge on any atom is 0.271 e. The van der Waals surface area contributed by atoms with Gasteiger partial charge in [-0.3, -0.25) is 9.69 Å². The summed E-state index contributed by atoms with van der Waals surface area (Å²) in [5.41, 5.74) is 2.76. The van der Waals surface area contributed by atoms with Crippen molar-refractivity contribution in [3.63, 3.8) is 0 Å². The van der Waals surface area contributed by atoms with E-state index in [1.807, 2.05) is 53.6 Å². The third-order valence-corrected chi connectivity index (χ3v) is 6.16. The van der Waals surface area contributed by atoms with Crippen LogP contribution < -0.4 is 4.74 Å². The first kappa shape index (κ1) is 18.9. The molecule has 1 aromatic heterocycles. The second-order valence-corrected chi connectivity index (χ2v) is 8.04. The Morgan fingerprint density at radius 1 is 0.967 bits per heavy atom. The van der Waals surface area contributed by atoms with Crippen molar-refractivity contribution in [2.24, 2.45) is 0 Å². The van der Waals surface area contributed by atoms with E-state index in [9.17, 15) is 9.18 Å². The second-order valence-electron chi connectivity index (χ2n) is 8.04. The van der Waals surface area contributed by atoms with Crippen LogP contribution in [0.2, 0.25) is 0 Å². The first-order chi connectivity index (χ1) is 14.6. The van der Waals surface area contributed by atoms with Crippen LogP contribution in [0.25, 0.3) is 0 Å². The minimum absolute atomic E-state index is 0.0599. The number of benzene rings is 2. The summed E-state index contributed by atoms with van der Waals surface area (Å²) in [5, 5.41) is 0. The van der Waals surface area contributed by atoms with Gasteiger partial charge in [0.05, 0.1) is 19.2 Å². The molecule has 0 radical (unpaired) electrons. The van der Waals surface area contributed by atoms with Gasteiger partial charge < -0.3 is 14.2 Å². The van der Waals surface area contributed by atoms with Crippen LogP contribution in [-0.4, -0.2) is 46.5 Å². The molecule has 2 aromatic carbocycles. The van der Waals surface area contributed by atoms with E-state index < -0.39 is 0 Å². The molecule has 154 valence electrons. The normalized spacial score (nSPS) is 20.9. The average molecular weight is 405 g/mol. The van der Waals surface area contributed by atoms with Crippen LogP contribution in [-0.2, 0) is 13.1 Å². The molecule has 0 N–H and O–H groups in total. The minimum Gasteiger partial charge on any atom is -0.497 e. The Hall–Kier alpha value is -3.12. The van der Waals surface area contributed by atoms with Gasteiger partial charge in [0.2, 0.25) is 0 Å². The number of hydrogen-bond acceptors (Lipinski definition) is 3. The zero-order chi connectivity index (χ0) is 20.7. The van der Waals surface area contributed by atoms with Gasteiger partial charge in [-0.25, -0.2) is 4.39 Å². The second kappa shape index (κ2) is 7.61. The van der Waals surface area contributed by atoms with E-state index in [0.717, 1.165) is 35.7 Å². The van der Waals surface area contributed by atoms with Crippen LogP contribution in [0.15, 0.2) is 66.9 Å². The molecule has 0 saturated carbocycles. The summed E-state index contributed by atoms with van der Waals surface area (Å²) >= 11 is 0. The van der Waals surface area contributed by atoms with Gasteiger partial charge in [0.25, 0.3) is 5.91 Å². The molecule has 2 aliphatic rings. The number of aromatic nitrogens is 1. The number of halogens is 1. The number of fused-ring (bicyclic) bond motifs is 3. The first-order valence-electron chi connectivity index (χ1n) is 10.2. The number of amides is 1. The summed E-state index contributed by atoms with van der Waals surface area (Å²) in [4.78, 5) is 17.6. The fourth-order valence-electron chi connectivity index (χ4n) is 4.73. The van der Waals surface area contributed by atoms with E-state index in [0.29, 0.717) is 13.1 Å². The van der Waals surface area contributed by atoms with E-state index in [2.05, 4.69) is 9.47 Å². The molecule has 2 atom stereocenters. The highest BCUT2D eigenvalue weighted by molar-refractivity contribution is 5.94. The van der Waals surface area contributed by atoms with Gasteiger partial charge in [0.1, 0.15) is 17.3 Å². The largest absolute Gasteiger partial charge is 0.497 e. The number of methoxy groups -OCH3 is 1. The number of ether oxygens (including phenoxy) is 1. The molecule has 1 amide bonds. The van der Waals surface area contributed by atoms with Crippen molar-refractivity contribution in [1.29, 1.82) is 0 Å². The molecular formula is C24H24FN3O2. The summed E-state index contributed by atoms with van der Waals surface area (Å²) < 4.78 is 21.0. The third kappa shape index (κ3) is 3.37.